The third-order valence-electron chi connectivity index (χ3n) is 8.57. The summed E-state index contributed by atoms with van der Waals surface area (Å²) in [7, 11) is -2.22. The monoisotopic (exact) mass is 471 g/mol. The van der Waals surface area contributed by atoms with Crippen molar-refractivity contribution < 1.29 is 22.7 Å². The van der Waals surface area contributed by atoms with Gasteiger partial charge in [-0.2, -0.15) is 0 Å². The number of carbonyl (C=O) groups excluding carboxylic acids is 1. The number of rotatable bonds is 4. The number of hydrogen-bond acceptors (Lipinski definition) is 4. The highest BCUT2D eigenvalue weighted by atomic mass is 32.2. The van der Waals surface area contributed by atoms with Gasteiger partial charge in [0.25, 0.3) is 0 Å². The summed E-state index contributed by atoms with van der Waals surface area (Å²) >= 11 is 0. The second-order valence-electron chi connectivity index (χ2n) is 10.3. The number of carbonyl (C=O) groups is 1. The van der Waals surface area contributed by atoms with Gasteiger partial charge in [-0.1, -0.05) is 13.0 Å². The third-order valence-corrected chi connectivity index (χ3v) is 10.4. The molecule has 3 aliphatic carbocycles. The molecule has 2 aromatic rings. The Hall–Kier alpha value is -2.25. The van der Waals surface area contributed by atoms with Crippen LogP contribution in [0.5, 0.6) is 5.75 Å². The first-order valence-electron chi connectivity index (χ1n) is 11.7. The maximum absolute atomic E-state index is 13.3. The predicted octanol–water partition coefficient (Wildman–Crippen LogP) is 4.50. The van der Waals surface area contributed by atoms with Gasteiger partial charge in [-0.3, -0.25) is 4.79 Å². The van der Waals surface area contributed by atoms with Gasteiger partial charge in [0.15, 0.2) is 0 Å². The van der Waals surface area contributed by atoms with Crippen LogP contribution in [-0.2, 0) is 21.2 Å². The van der Waals surface area contributed by atoms with Gasteiger partial charge in [0, 0.05) is 25.4 Å². The molecule has 2 saturated carbocycles. The smallest absolute Gasteiger partial charge is 0.242 e. The maximum atomic E-state index is 13.3. The molecule has 2 fully saturated rings. The third kappa shape index (κ3) is 3.60. The van der Waals surface area contributed by atoms with E-state index in [2.05, 4.69) is 6.92 Å². The van der Waals surface area contributed by atoms with Crippen molar-refractivity contribution in [2.45, 2.75) is 49.8 Å². The van der Waals surface area contributed by atoms with Crippen molar-refractivity contribution in [2.75, 3.05) is 13.6 Å². The van der Waals surface area contributed by atoms with Gasteiger partial charge in [0.05, 0.1) is 4.90 Å². The number of ketones is 1. The summed E-state index contributed by atoms with van der Waals surface area (Å²) in [6.07, 6.45) is 3.96. The molecule has 3 aliphatic rings. The number of aryl methyl sites for hydroxylation is 1. The van der Waals surface area contributed by atoms with Crippen LogP contribution in [0, 0.1) is 29.0 Å². The van der Waals surface area contributed by atoms with Crippen molar-refractivity contribution in [3.05, 3.63) is 59.4 Å². The zero-order valence-electron chi connectivity index (χ0n) is 19.0. The topological polar surface area (TPSA) is 74.7 Å². The van der Waals surface area contributed by atoms with E-state index in [-0.39, 0.29) is 34.8 Å². The molecule has 0 aliphatic heterocycles. The number of halogens is 1. The van der Waals surface area contributed by atoms with Gasteiger partial charge in [-0.25, -0.2) is 17.1 Å². The number of fused-ring (bicyclic) bond motifs is 5. The van der Waals surface area contributed by atoms with Crippen LogP contribution in [0.1, 0.15) is 49.7 Å². The minimum absolute atomic E-state index is 0.0470. The molecule has 0 bridgehead atoms. The number of Topliss-reactive ketones (excluding diaryl/α,β-unsaturated/α-hetero) is 1. The van der Waals surface area contributed by atoms with Gasteiger partial charge in [-0.15, -0.1) is 0 Å². The SMILES string of the molecule is CN(C[C@H]1CC(=O)[C@@]2(C)CCC3c4ccc(O)cc4CCC3C12)S(=O)(=O)c1ccc(F)cc1. The molecule has 5 rings (SSSR count). The quantitative estimate of drug-likeness (QED) is 0.712. The fraction of sp³-hybridized carbons (Fsp3) is 0.500. The number of aromatic hydroxyl groups is 1. The lowest BCUT2D eigenvalue weighted by atomic mass is 9.54. The Bertz CT molecular complexity index is 1200. The lowest BCUT2D eigenvalue weighted by Crippen LogP contribution is -2.46. The van der Waals surface area contributed by atoms with Gasteiger partial charge in [0.1, 0.15) is 17.3 Å². The molecule has 0 saturated heterocycles. The molecular weight excluding hydrogens is 441 g/mol. The summed E-state index contributed by atoms with van der Waals surface area (Å²) in [6.45, 7) is 2.36. The summed E-state index contributed by atoms with van der Waals surface area (Å²) in [5.41, 5.74) is 2.05. The number of hydrogen-bond donors (Lipinski definition) is 1. The Labute approximate surface area is 194 Å². The first-order valence-corrected chi connectivity index (χ1v) is 13.1. The highest BCUT2D eigenvalue weighted by molar-refractivity contribution is 7.89. The predicted molar refractivity (Wildman–Crippen MR) is 123 cm³/mol. The van der Waals surface area contributed by atoms with Crippen LogP contribution in [0.25, 0.3) is 0 Å². The number of phenolic OH excluding ortho intramolecular Hbond substituents is 1. The Morgan fingerprint density at radius 3 is 2.61 bits per heavy atom. The summed E-state index contributed by atoms with van der Waals surface area (Å²) < 4.78 is 40.9. The molecule has 33 heavy (non-hydrogen) atoms. The van der Waals surface area contributed by atoms with Crippen LogP contribution in [-0.4, -0.2) is 37.2 Å². The zero-order chi connectivity index (χ0) is 23.5. The molecule has 5 nitrogen and oxygen atoms in total. The zero-order valence-corrected chi connectivity index (χ0v) is 19.8. The molecule has 176 valence electrons. The first kappa shape index (κ1) is 22.5. The fourth-order valence-corrected chi connectivity index (χ4v) is 8.23. The molecule has 0 aromatic heterocycles. The van der Waals surface area contributed by atoms with E-state index in [1.807, 2.05) is 12.1 Å². The second-order valence-corrected chi connectivity index (χ2v) is 12.3. The molecule has 7 heteroatoms. The first-order chi connectivity index (χ1) is 15.6. The van der Waals surface area contributed by atoms with E-state index < -0.39 is 21.3 Å². The van der Waals surface area contributed by atoms with Crippen LogP contribution in [0.15, 0.2) is 47.4 Å². The summed E-state index contributed by atoms with van der Waals surface area (Å²) in [6, 6.07) is 10.5. The normalized spacial score (nSPS) is 31.2. The van der Waals surface area contributed by atoms with Crippen molar-refractivity contribution in [1.29, 1.82) is 0 Å². The maximum Gasteiger partial charge on any atom is 0.242 e. The van der Waals surface area contributed by atoms with E-state index in [1.165, 1.54) is 27.6 Å². The van der Waals surface area contributed by atoms with Crippen LogP contribution >= 0.6 is 0 Å². The Kier molecular flexibility index (Phi) is 5.40. The average Bonchev–Trinajstić information content (AvgIpc) is 3.03. The van der Waals surface area contributed by atoms with Crippen molar-refractivity contribution in [2.24, 2.45) is 23.2 Å². The molecule has 0 amide bonds. The largest absolute Gasteiger partial charge is 0.508 e. The molecule has 1 N–H and O–H groups in total. The van der Waals surface area contributed by atoms with Crippen LogP contribution in [0.2, 0.25) is 0 Å². The van der Waals surface area contributed by atoms with Gasteiger partial charge in [-0.05, 0) is 96.9 Å². The number of phenols is 1. The number of sulfonamides is 1. The highest BCUT2D eigenvalue weighted by Crippen LogP contribution is 2.61. The molecule has 5 atom stereocenters. The fourth-order valence-electron chi connectivity index (χ4n) is 7.00. The molecule has 3 unspecified atom stereocenters. The Morgan fingerprint density at radius 2 is 1.88 bits per heavy atom. The van der Waals surface area contributed by atoms with E-state index in [4.69, 9.17) is 0 Å². The Morgan fingerprint density at radius 1 is 1.15 bits per heavy atom. The molecule has 2 aromatic carbocycles. The van der Waals surface area contributed by atoms with E-state index >= 15 is 0 Å². The summed E-state index contributed by atoms with van der Waals surface area (Å²) in [5, 5.41) is 9.91. The van der Waals surface area contributed by atoms with Crippen LogP contribution in [0.3, 0.4) is 0 Å². The highest BCUT2D eigenvalue weighted by Gasteiger charge is 2.58. The molecule has 0 radical (unpaired) electrons. The van der Waals surface area contributed by atoms with Crippen molar-refractivity contribution in [1.82, 2.24) is 4.31 Å². The lowest BCUT2D eigenvalue weighted by Gasteiger charge is -2.50. The number of nitrogens with zero attached hydrogens (tertiary/aromatic N) is 1. The second kappa shape index (κ2) is 7.91. The minimum Gasteiger partial charge on any atom is -0.508 e. The van der Waals surface area contributed by atoms with Crippen LogP contribution in [0.4, 0.5) is 4.39 Å². The standard InChI is InChI=1S/C26H30FNO4S/c1-26-12-11-22-21-10-6-19(29)13-16(21)3-9-23(22)25(26)17(14-24(26)30)15-28(2)33(31,32)20-7-4-18(27)5-8-20/h4-8,10,13,17,22-23,25,29H,3,9,11-12,14-15H2,1-2H3/t17-,22?,23?,25?,26-/m1/s1. The Balaban J connectivity index is 1.44. The van der Waals surface area contributed by atoms with Gasteiger partial charge in [0.2, 0.25) is 10.0 Å². The van der Waals surface area contributed by atoms with Crippen molar-refractivity contribution in [3.8, 4) is 5.75 Å². The molecule has 0 heterocycles. The minimum atomic E-state index is -3.77. The summed E-state index contributed by atoms with van der Waals surface area (Å²) in [4.78, 5) is 13.3. The van der Waals surface area contributed by atoms with E-state index in [0.29, 0.717) is 18.3 Å². The van der Waals surface area contributed by atoms with Crippen molar-refractivity contribution >= 4 is 15.8 Å². The van der Waals surface area contributed by atoms with Gasteiger partial charge >= 0.3 is 0 Å². The number of benzene rings is 2. The lowest BCUT2D eigenvalue weighted by molar-refractivity contribution is -0.129. The molecule has 0 spiro atoms. The van der Waals surface area contributed by atoms with Crippen molar-refractivity contribution in [3.63, 3.8) is 0 Å². The molecular formula is C26H30FNO4S. The van der Waals surface area contributed by atoms with Gasteiger partial charge < -0.3 is 5.11 Å². The van der Waals surface area contributed by atoms with Crippen LogP contribution < -0.4 is 0 Å². The van der Waals surface area contributed by atoms with E-state index in [1.54, 1.807) is 13.1 Å². The average molecular weight is 472 g/mol. The summed E-state index contributed by atoms with van der Waals surface area (Å²) in [5.74, 6) is 0.784. The van der Waals surface area contributed by atoms with E-state index in [0.717, 1.165) is 37.8 Å². The van der Waals surface area contributed by atoms with E-state index in [9.17, 15) is 22.7 Å².